The minimum atomic E-state index is -3.85. The van der Waals surface area contributed by atoms with Crippen LogP contribution in [0.3, 0.4) is 0 Å². The third-order valence-electron chi connectivity index (χ3n) is 2.58. The van der Waals surface area contributed by atoms with E-state index in [4.69, 9.17) is 4.55 Å². The summed E-state index contributed by atoms with van der Waals surface area (Å²) in [5.74, 6) is -0.185. The predicted molar refractivity (Wildman–Crippen MR) is 78.0 cm³/mol. The molecule has 0 aromatic heterocycles. The van der Waals surface area contributed by atoms with E-state index >= 15 is 0 Å². The van der Waals surface area contributed by atoms with Crippen LogP contribution in [0.2, 0.25) is 0 Å². The van der Waals surface area contributed by atoms with Gasteiger partial charge in [0.15, 0.2) is 0 Å². The molecule has 1 N–H and O–H groups in total. The van der Waals surface area contributed by atoms with Gasteiger partial charge in [-0.25, -0.2) is 0 Å². The molecule has 0 amide bonds. The number of benzene rings is 1. The molecule has 6 heteroatoms. The van der Waals surface area contributed by atoms with Crippen molar-refractivity contribution in [3.63, 3.8) is 0 Å². The van der Waals surface area contributed by atoms with Crippen LogP contribution >= 0.6 is 0 Å². The number of hydrogen-bond donors (Lipinski definition) is 1. The molecule has 1 aromatic rings. The summed E-state index contributed by atoms with van der Waals surface area (Å²) in [7, 11) is -3.85. The van der Waals surface area contributed by atoms with Gasteiger partial charge in [-0.2, -0.15) is 8.42 Å². The first-order valence-corrected chi connectivity index (χ1v) is 7.30. The summed E-state index contributed by atoms with van der Waals surface area (Å²) in [4.78, 5) is 2.10. The molecule has 0 saturated heterocycles. The molecule has 0 spiro atoms. The maximum absolute atomic E-state index is 10.6. The molecule has 0 aliphatic rings. The number of aryl methyl sites for hydroxylation is 1. The Labute approximate surface area is 133 Å². The van der Waals surface area contributed by atoms with Crippen molar-refractivity contribution in [3.8, 4) is 0 Å². The molecule has 0 bridgehead atoms. The van der Waals surface area contributed by atoms with Crippen molar-refractivity contribution in [1.29, 1.82) is 0 Å². The molecule has 0 heterocycles. The average molecular weight is 282 g/mol. The van der Waals surface area contributed by atoms with Gasteiger partial charge < -0.3 is 4.90 Å². The molecular weight excluding hydrogens is 261 g/mol. The van der Waals surface area contributed by atoms with Crippen molar-refractivity contribution in [3.05, 3.63) is 29.8 Å². The van der Waals surface area contributed by atoms with Gasteiger partial charge in [-0.15, -0.1) is 0 Å². The van der Waals surface area contributed by atoms with Gasteiger partial charge in [-0.3, -0.25) is 4.55 Å². The second-order valence-electron chi connectivity index (χ2n) is 4.06. The van der Waals surface area contributed by atoms with Crippen molar-refractivity contribution < 1.29 is 14.4 Å². The summed E-state index contributed by atoms with van der Waals surface area (Å²) in [6.07, 6.45) is 0.431. The molecule has 1 radical (unpaired) electrons. The smallest absolute Gasteiger partial charge is 0.264 e. The summed E-state index contributed by atoms with van der Waals surface area (Å²) < 4.78 is 29.9. The largest absolute Gasteiger partial charge is 0.372 e. The summed E-state index contributed by atoms with van der Waals surface area (Å²) in [6.45, 7) is 5.49. The van der Waals surface area contributed by atoms with Gasteiger partial charge in [-0.05, 0) is 38.0 Å². The van der Waals surface area contributed by atoms with Crippen LogP contribution in [0.5, 0.6) is 0 Å². The normalized spacial score (nSPS) is 10.8. The van der Waals surface area contributed by atoms with Crippen molar-refractivity contribution in [2.75, 3.05) is 23.7 Å². The van der Waals surface area contributed by atoms with E-state index in [1.165, 1.54) is 5.56 Å². The molecule has 1 aromatic carbocycles. The fourth-order valence-electron chi connectivity index (χ4n) is 1.73. The molecule has 18 heavy (non-hydrogen) atoms. The number of rotatable bonds is 6. The molecule has 0 saturated carbocycles. The predicted octanol–water partition coefficient (Wildman–Crippen LogP) is 1.96. The van der Waals surface area contributed by atoms with E-state index in [1.807, 2.05) is 32.0 Å². The molecule has 0 aliphatic carbocycles. The first-order chi connectivity index (χ1) is 7.92. The van der Waals surface area contributed by atoms with Gasteiger partial charge in [0, 0.05) is 49.8 Å². The maximum Gasteiger partial charge on any atom is 0.264 e. The molecule has 99 valence electrons. The Bertz CT molecular complexity index is 468. The van der Waals surface area contributed by atoms with Crippen molar-refractivity contribution in [1.82, 2.24) is 0 Å². The van der Waals surface area contributed by atoms with Crippen molar-refractivity contribution in [2.45, 2.75) is 20.3 Å². The topological polar surface area (TPSA) is 57.6 Å². The number of anilines is 1. The molecule has 0 atom stereocenters. The van der Waals surface area contributed by atoms with E-state index in [2.05, 4.69) is 11.0 Å². The Morgan fingerprint density at radius 2 is 2.06 bits per heavy atom. The van der Waals surface area contributed by atoms with Crippen LogP contribution in [-0.2, 0) is 10.1 Å². The van der Waals surface area contributed by atoms with Crippen LogP contribution < -0.4 is 4.90 Å². The van der Waals surface area contributed by atoms with Crippen LogP contribution in [0.15, 0.2) is 24.3 Å². The van der Waals surface area contributed by atoms with Gasteiger partial charge in [0.2, 0.25) is 0 Å². The van der Waals surface area contributed by atoms with Gasteiger partial charge in [0.25, 0.3) is 10.1 Å². The Kier molecular flexibility index (Phi) is 8.14. The van der Waals surface area contributed by atoms with E-state index in [0.29, 0.717) is 13.0 Å². The molecule has 1 rings (SSSR count). The Morgan fingerprint density at radius 1 is 1.39 bits per heavy atom. The quantitative estimate of drug-likeness (QED) is 0.640. The minimum absolute atomic E-state index is 0. The van der Waals surface area contributed by atoms with E-state index in [-0.39, 0.29) is 36.7 Å². The molecule has 4 nitrogen and oxygen atoms in total. The van der Waals surface area contributed by atoms with Crippen LogP contribution in [0.4, 0.5) is 5.69 Å². The second kappa shape index (κ2) is 8.17. The zero-order chi connectivity index (χ0) is 12.9. The molecular formula is C12H21NNaO3S. The minimum Gasteiger partial charge on any atom is -0.372 e. The van der Waals surface area contributed by atoms with Crippen molar-refractivity contribution in [2.24, 2.45) is 0 Å². The standard InChI is InChI=1S/C12H19NO3S.Na.H2/c1-3-13(8-5-9-17(14,15)16)12-7-4-6-11(2)10-12;;/h4,6-7,10H,3,5,8-9H2,1-2H3,(H,14,15,16);;1H. The average Bonchev–Trinajstić information content (AvgIpc) is 2.23. The number of hydrogen-bond acceptors (Lipinski definition) is 3. The number of nitrogens with zero attached hydrogens (tertiary/aromatic N) is 1. The van der Waals surface area contributed by atoms with Crippen LogP contribution in [0.1, 0.15) is 20.3 Å². The van der Waals surface area contributed by atoms with Gasteiger partial charge in [0.1, 0.15) is 0 Å². The summed E-state index contributed by atoms with van der Waals surface area (Å²) >= 11 is 0. The molecule has 0 unspecified atom stereocenters. The first kappa shape index (κ1) is 17.9. The maximum atomic E-state index is 10.6. The summed E-state index contributed by atoms with van der Waals surface area (Å²) in [5.41, 5.74) is 2.26. The first-order valence-electron chi connectivity index (χ1n) is 5.69. The second-order valence-corrected chi connectivity index (χ2v) is 5.63. The fraction of sp³-hybridized carbons (Fsp3) is 0.500. The summed E-state index contributed by atoms with van der Waals surface area (Å²) in [5, 5.41) is 0. The van der Waals surface area contributed by atoms with Gasteiger partial charge in [0.05, 0.1) is 5.75 Å². The van der Waals surface area contributed by atoms with Crippen LogP contribution in [0, 0.1) is 6.92 Å². The Hall–Kier alpha value is -0.0700. The van der Waals surface area contributed by atoms with E-state index in [1.54, 1.807) is 0 Å². The SMILES string of the molecule is CCN(CCCS(=O)(=O)O)c1cccc(C)c1.[HH].[Na]. The van der Waals surface area contributed by atoms with Crippen molar-refractivity contribution >= 4 is 45.4 Å². The molecule has 0 aliphatic heterocycles. The van der Waals surface area contributed by atoms with E-state index in [0.717, 1.165) is 12.2 Å². The molecule has 0 fully saturated rings. The third kappa shape index (κ3) is 6.75. The van der Waals surface area contributed by atoms with Gasteiger partial charge in [-0.1, -0.05) is 12.1 Å². The monoisotopic (exact) mass is 282 g/mol. The van der Waals surface area contributed by atoms with Crippen LogP contribution in [0.25, 0.3) is 0 Å². The van der Waals surface area contributed by atoms with Crippen LogP contribution in [-0.4, -0.2) is 61.4 Å². The zero-order valence-corrected chi connectivity index (χ0v) is 14.1. The van der Waals surface area contributed by atoms with E-state index < -0.39 is 10.1 Å². The Morgan fingerprint density at radius 3 is 2.56 bits per heavy atom. The fourth-order valence-corrected chi connectivity index (χ4v) is 2.23. The third-order valence-corrected chi connectivity index (χ3v) is 3.38. The Balaban J connectivity index is 0. The summed E-state index contributed by atoms with van der Waals surface area (Å²) in [6, 6.07) is 8.08. The van der Waals surface area contributed by atoms with E-state index in [9.17, 15) is 8.42 Å². The zero-order valence-electron chi connectivity index (χ0n) is 11.3. The van der Waals surface area contributed by atoms with Gasteiger partial charge >= 0.3 is 0 Å².